The second-order valence-electron chi connectivity index (χ2n) is 3.55. The molecule has 19 heavy (non-hydrogen) atoms. The number of pyridine rings is 1. The number of benzene rings is 1. The summed E-state index contributed by atoms with van der Waals surface area (Å²) in [6.07, 6.45) is 1.50. The van der Waals surface area contributed by atoms with Crippen LogP contribution in [0.5, 0.6) is 11.6 Å². The van der Waals surface area contributed by atoms with Crippen molar-refractivity contribution >= 4 is 44.7 Å². The SMILES string of the molecule is NC(=S)c1ccnc(Oc2cc(F)c(Cl)cc2Br)c1. The highest BCUT2D eigenvalue weighted by Gasteiger charge is 2.10. The standard InChI is InChI=1S/C12H7BrClFN2OS/c13-7-4-8(14)9(15)5-10(7)18-11-3-6(12(16)19)1-2-17-11/h1-5H,(H2,16,19). The van der Waals surface area contributed by atoms with E-state index < -0.39 is 5.82 Å². The summed E-state index contributed by atoms with van der Waals surface area (Å²) in [5.74, 6) is -0.0624. The van der Waals surface area contributed by atoms with Gasteiger partial charge in [0.2, 0.25) is 5.88 Å². The first-order valence-electron chi connectivity index (χ1n) is 5.05. The molecule has 0 amide bonds. The highest BCUT2D eigenvalue weighted by molar-refractivity contribution is 9.10. The fourth-order valence-corrected chi connectivity index (χ4v) is 2.16. The zero-order chi connectivity index (χ0) is 14.0. The summed E-state index contributed by atoms with van der Waals surface area (Å²) in [7, 11) is 0. The summed E-state index contributed by atoms with van der Waals surface area (Å²) in [5, 5.41) is 0.00377. The number of rotatable bonds is 3. The van der Waals surface area contributed by atoms with Crippen LogP contribution < -0.4 is 10.5 Å². The number of nitrogens with zero attached hydrogens (tertiary/aromatic N) is 1. The minimum Gasteiger partial charge on any atom is -0.438 e. The molecule has 2 N–H and O–H groups in total. The van der Waals surface area contributed by atoms with E-state index in [9.17, 15) is 4.39 Å². The molecule has 0 radical (unpaired) electrons. The van der Waals surface area contributed by atoms with E-state index in [2.05, 4.69) is 20.9 Å². The van der Waals surface area contributed by atoms with Gasteiger partial charge in [-0.25, -0.2) is 9.37 Å². The number of nitrogens with two attached hydrogens (primary N) is 1. The first kappa shape index (κ1) is 14.2. The third-order valence-electron chi connectivity index (χ3n) is 2.21. The van der Waals surface area contributed by atoms with Crippen molar-refractivity contribution in [3.8, 4) is 11.6 Å². The minimum absolute atomic E-state index is 0.00377. The molecule has 0 aliphatic carbocycles. The fourth-order valence-electron chi connectivity index (χ4n) is 1.31. The minimum atomic E-state index is -0.578. The lowest BCUT2D eigenvalue weighted by Crippen LogP contribution is -2.09. The first-order chi connectivity index (χ1) is 8.97. The molecule has 2 rings (SSSR count). The van der Waals surface area contributed by atoms with Crippen molar-refractivity contribution < 1.29 is 9.13 Å². The van der Waals surface area contributed by atoms with Crippen LogP contribution in [0, 0.1) is 5.82 Å². The summed E-state index contributed by atoms with van der Waals surface area (Å²) in [5.41, 5.74) is 6.13. The van der Waals surface area contributed by atoms with Crippen LogP contribution in [-0.2, 0) is 0 Å². The molecule has 3 nitrogen and oxygen atoms in total. The molecular formula is C12H7BrClFN2OS. The Morgan fingerprint density at radius 3 is 2.84 bits per heavy atom. The molecule has 0 fully saturated rings. The quantitative estimate of drug-likeness (QED) is 0.661. The predicted octanol–water partition coefficient (Wildman–Crippen LogP) is 4.06. The number of hydrogen-bond donors (Lipinski definition) is 1. The Balaban J connectivity index is 2.33. The van der Waals surface area contributed by atoms with E-state index in [-0.39, 0.29) is 21.6 Å². The van der Waals surface area contributed by atoms with E-state index in [0.29, 0.717) is 10.0 Å². The average molecular weight is 362 g/mol. The lowest BCUT2D eigenvalue weighted by atomic mass is 10.3. The van der Waals surface area contributed by atoms with Crippen LogP contribution in [0.25, 0.3) is 0 Å². The molecule has 0 saturated carbocycles. The monoisotopic (exact) mass is 360 g/mol. The van der Waals surface area contributed by atoms with Crippen LogP contribution >= 0.6 is 39.7 Å². The second-order valence-corrected chi connectivity index (χ2v) is 5.25. The molecule has 1 aromatic carbocycles. The van der Waals surface area contributed by atoms with Crippen molar-refractivity contribution in [1.29, 1.82) is 0 Å². The van der Waals surface area contributed by atoms with E-state index >= 15 is 0 Å². The zero-order valence-electron chi connectivity index (χ0n) is 9.36. The highest BCUT2D eigenvalue weighted by Crippen LogP contribution is 2.33. The number of hydrogen-bond acceptors (Lipinski definition) is 3. The molecule has 0 aliphatic heterocycles. The molecule has 7 heteroatoms. The maximum absolute atomic E-state index is 13.4. The third kappa shape index (κ3) is 3.40. The van der Waals surface area contributed by atoms with Crippen molar-refractivity contribution in [2.45, 2.75) is 0 Å². The van der Waals surface area contributed by atoms with Gasteiger partial charge in [-0.2, -0.15) is 0 Å². The number of thiocarbonyl (C=S) groups is 1. The third-order valence-corrected chi connectivity index (χ3v) is 3.35. The van der Waals surface area contributed by atoms with E-state index in [4.69, 9.17) is 34.3 Å². The Kier molecular flexibility index (Phi) is 4.34. The number of aromatic nitrogens is 1. The van der Waals surface area contributed by atoms with Crippen molar-refractivity contribution in [1.82, 2.24) is 4.98 Å². The average Bonchev–Trinajstić information content (AvgIpc) is 2.36. The Morgan fingerprint density at radius 1 is 1.42 bits per heavy atom. The molecule has 0 aliphatic rings. The molecule has 0 bridgehead atoms. The van der Waals surface area contributed by atoms with Crippen LogP contribution in [0.4, 0.5) is 4.39 Å². The Labute approximate surface area is 127 Å². The largest absolute Gasteiger partial charge is 0.438 e. The van der Waals surface area contributed by atoms with Gasteiger partial charge in [0.15, 0.2) is 0 Å². The predicted molar refractivity (Wildman–Crippen MR) is 79.3 cm³/mol. The van der Waals surface area contributed by atoms with Gasteiger partial charge >= 0.3 is 0 Å². The van der Waals surface area contributed by atoms with E-state index in [0.717, 1.165) is 0 Å². The van der Waals surface area contributed by atoms with Crippen LogP contribution in [-0.4, -0.2) is 9.97 Å². The Hall–Kier alpha value is -1.24. The molecule has 0 saturated heterocycles. The summed E-state index contributed by atoms with van der Waals surface area (Å²) < 4.78 is 19.4. The molecule has 0 atom stereocenters. The van der Waals surface area contributed by atoms with Crippen molar-refractivity contribution in [2.75, 3.05) is 0 Å². The molecule has 1 aromatic heterocycles. The zero-order valence-corrected chi connectivity index (χ0v) is 12.5. The summed E-state index contributed by atoms with van der Waals surface area (Å²) in [4.78, 5) is 4.23. The smallest absolute Gasteiger partial charge is 0.219 e. The molecular weight excluding hydrogens is 355 g/mol. The maximum Gasteiger partial charge on any atom is 0.219 e. The molecule has 1 heterocycles. The van der Waals surface area contributed by atoms with Gasteiger partial charge in [0.25, 0.3) is 0 Å². The molecule has 0 unspecified atom stereocenters. The van der Waals surface area contributed by atoms with Gasteiger partial charge in [-0.15, -0.1) is 0 Å². The van der Waals surface area contributed by atoms with Gasteiger partial charge in [0.1, 0.15) is 16.6 Å². The molecule has 0 spiro atoms. The van der Waals surface area contributed by atoms with Crippen LogP contribution in [0.2, 0.25) is 5.02 Å². The summed E-state index contributed by atoms with van der Waals surface area (Å²) in [6.45, 7) is 0. The van der Waals surface area contributed by atoms with Crippen LogP contribution in [0.3, 0.4) is 0 Å². The van der Waals surface area contributed by atoms with Crippen molar-refractivity contribution in [2.24, 2.45) is 5.73 Å². The number of halogens is 3. The topological polar surface area (TPSA) is 48.1 Å². The van der Waals surface area contributed by atoms with Gasteiger partial charge in [0.05, 0.1) is 9.50 Å². The normalized spacial score (nSPS) is 10.3. The van der Waals surface area contributed by atoms with E-state index in [1.165, 1.54) is 18.3 Å². The van der Waals surface area contributed by atoms with E-state index in [1.54, 1.807) is 12.1 Å². The van der Waals surface area contributed by atoms with Crippen LogP contribution in [0.1, 0.15) is 5.56 Å². The van der Waals surface area contributed by atoms with Gasteiger partial charge in [0, 0.05) is 23.9 Å². The molecule has 98 valence electrons. The fraction of sp³-hybridized carbons (Fsp3) is 0. The Bertz CT molecular complexity index is 654. The highest BCUT2D eigenvalue weighted by atomic mass is 79.9. The van der Waals surface area contributed by atoms with Gasteiger partial charge in [-0.3, -0.25) is 0 Å². The molecule has 2 aromatic rings. The van der Waals surface area contributed by atoms with Gasteiger partial charge in [-0.05, 0) is 28.1 Å². The maximum atomic E-state index is 13.4. The second kappa shape index (κ2) is 5.81. The van der Waals surface area contributed by atoms with Crippen molar-refractivity contribution in [3.05, 3.63) is 51.3 Å². The first-order valence-corrected chi connectivity index (χ1v) is 6.63. The lowest BCUT2D eigenvalue weighted by Gasteiger charge is -2.08. The summed E-state index contributed by atoms with van der Waals surface area (Å²) in [6, 6.07) is 5.80. The van der Waals surface area contributed by atoms with Crippen LogP contribution in [0.15, 0.2) is 34.9 Å². The van der Waals surface area contributed by atoms with E-state index in [1.807, 2.05) is 0 Å². The van der Waals surface area contributed by atoms with Gasteiger partial charge in [-0.1, -0.05) is 23.8 Å². The Morgan fingerprint density at radius 2 is 2.16 bits per heavy atom. The number of ether oxygens (including phenoxy) is 1. The summed E-state index contributed by atoms with van der Waals surface area (Å²) >= 11 is 13.7. The van der Waals surface area contributed by atoms with Gasteiger partial charge < -0.3 is 10.5 Å². The van der Waals surface area contributed by atoms with Crippen molar-refractivity contribution in [3.63, 3.8) is 0 Å². The lowest BCUT2D eigenvalue weighted by molar-refractivity contribution is 0.455.